The van der Waals surface area contributed by atoms with Gasteiger partial charge in [-0.1, -0.05) is 55.5 Å². The summed E-state index contributed by atoms with van der Waals surface area (Å²) < 4.78 is 1.77. The van der Waals surface area contributed by atoms with Gasteiger partial charge in [-0.25, -0.2) is 4.98 Å². The molecule has 134 valence electrons. The highest BCUT2D eigenvalue weighted by atomic mass is 16.1. The molecule has 0 bridgehead atoms. The van der Waals surface area contributed by atoms with Crippen LogP contribution in [0.25, 0.3) is 11.0 Å². The molecule has 0 fully saturated rings. The Morgan fingerprint density at radius 3 is 2.37 bits per heavy atom. The normalized spacial score (nSPS) is 12.0. The Bertz CT molecular complexity index is 1110. The highest BCUT2D eigenvalue weighted by Gasteiger charge is 2.17. The Morgan fingerprint density at radius 1 is 0.963 bits per heavy atom. The zero-order valence-corrected chi connectivity index (χ0v) is 15.0. The molecule has 2 heterocycles. The molecule has 4 aromatic rings. The maximum atomic E-state index is 12.8. The minimum Gasteiger partial charge on any atom is -0.324 e. The summed E-state index contributed by atoms with van der Waals surface area (Å²) in [6.45, 7) is 2.08. The van der Waals surface area contributed by atoms with E-state index in [2.05, 4.69) is 22.2 Å². The molecule has 0 aliphatic carbocycles. The van der Waals surface area contributed by atoms with Gasteiger partial charge in [0.15, 0.2) is 0 Å². The smallest absolute Gasteiger partial charge is 0.252 e. The Hall–Kier alpha value is -3.47. The average Bonchev–Trinajstić information content (AvgIpc) is 2.72. The van der Waals surface area contributed by atoms with E-state index in [1.54, 1.807) is 22.9 Å². The monoisotopic (exact) mass is 356 g/mol. The van der Waals surface area contributed by atoms with Gasteiger partial charge in [0.05, 0.1) is 6.04 Å². The highest BCUT2D eigenvalue weighted by Crippen LogP contribution is 2.24. The van der Waals surface area contributed by atoms with Crippen LogP contribution in [-0.4, -0.2) is 14.5 Å². The maximum Gasteiger partial charge on any atom is 0.252 e. The van der Waals surface area contributed by atoms with E-state index >= 15 is 0 Å². The van der Waals surface area contributed by atoms with Crippen LogP contribution in [0.15, 0.2) is 83.8 Å². The average molecular weight is 356 g/mol. The second kappa shape index (κ2) is 7.41. The quantitative estimate of drug-likeness (QED) is 0.570. The van der Waals surface area contributed by atoms with E-state index in [4.69, 9.17) is 0 Å². The Kier molecular flexibility index (Phi) is 4.66. The second-order valence-electron chi connectivity index (χ2n) is 6.34. The molecule has 0 aliphatic rings. The van der Waals surface area contributed by atoms with Gasteiger partial charge in [-0.05, 0) is 30.2 Å². The summed E-state index contributed by atoms with van der Waals surface area (Å²) in [7, 11) is 0. The Balaban J connectivity index is 1.85. The van der Waals surface area contributed by atoms with Gasteiger partial charge in [-0.2, -0.15) is 4.98 Å². The number of nitrogens with one attached hydrogen (secondary N) is 1. The molecule has 0 saturated carbocycles. The van der Waals surface area contributed by atoms with E-state index in [1.165, 1.54) is 0 Å². The van der Waals surface area contributed by atoms with Crippen molar-refractivity contribution in [1.29, 1.82) is 0 Å². The number of para-hydroxylation sites is 1. The lowest BCUT2D eigenvalue weighted by molar-refractivity contribution is 0.563. The van der Waals surface area contributed by atoms with Gasteiger partial charge in [-0.3, -0.25) is 9.36 Å². The van der Waals surface area contributed by atoms with E-state index < -0.39 is 0 Å². The maximum absolute atomic E-state index is 12.8. The van der Waals surface area contributed by atoms with Crippen molar-refractivity contribution < 1.29 is 0 Å². The molecule has 5 nitrogen and oxygen atoms in total. The van der Waals surface area contributed by atoms with Gasteiger partial charge in [0, 0.05) is 23.3 Å². The van der Waals surface area contributed by atoms with Gasteiger partial charge in [0.25, 0.3) is 5.56 Å². The Morgan fingerprint density at radius 2 is 1.67 bits per heavy atom. The minimum absolute atomic E-state index is 0.0671. The first-order valence-corrected chi connectivity index (χ1v) is 9.01. The topological polar surface area (TPSA) is 59.8 Å². The van der Waals surface area contributed by atoms with E-state index in [9.17, 15) is 4.79 Å². The van der Waals surface area contributed by atoms with E-state index in [1.807, 2.05) is 60.7 Å². The van der Waals surface area contributed by atoms with Crippen LogP contribution in [0.4, 0.5) is 11.6 Å². The van der Waals surface area contributed by atoms with E-state index in [-0.39, 0.29) is 11.6 Å². The molecule has 1 unspecified atom stereocenters. The molecule has 0 amide bonds. The summed E-state index contributed by atoms with van der Waals surface area (Å²) in [6, 6.07) is 23.1. The van der Waals surface area contributed by atoms with Crippen LogP contribution in [0.3, 0.4) is 0 Å². The number of pyridine rings is 1. The van der Waals surface area contributed by atoms with Crippen LogP contribution < -0.4 is 10.9 Å². The van der Waals surface area contributed by atoms with Crippen LogP contribution in [0, 0.1) is 0 Å². The third-order valence-corrected chi connectivity index (χ3v) is 4.58. The number of aromatic nitrogens is 3. The SMILES string of the molecule is CCC(c1ccccc1)n1c(=O)ccc2cnc(Nc3ccccc3)nc21. The fourth-order valence-corrected chi connectivity index (χ4v) is 3.29. The lowest BCUT2D eigenvalue weighted by Crippen LogP contribution is -2.25. The molecular weight excluding hydrogens is 336 g/mol. The molecule has 0 spiro atoms. The molecule has 27 heavy (non-hydrogen) atoms. The summed E-state index contributed by atoms with van der Waals surface area (Å²) in [4.78, 5) is 21.8. The highest BCUT2D eigenvalue weighted by molar-refractivity contribution is 5.76. The summed E-state index contributed by atoms with van der Waals surface area (Å²) >= 11 is 0. The molecule has 0 aliphatic heterocycles. The van der Waals surface area contributed by atoms with Crippen LogP contribution >= 0.6 is 0 Å². The zero-order valence-electron chi connectivity index (χ0n) is 15.0. The molecule has 1 N–H and O–H groups in total. The molecular formula is C22H20N4O. The largest absolute Gasteiger partial charge is 0.324 e. The third-order valence-electron chi connectivity index (χ3n) is 4.58. The van der Waals surface area contributed by atoms with Crippen molar-refractivity contribution in [2.24, 2.45) is 0 Å². The number of nitrogens with zero attached hydrogens (tertiary/aromatic N) is 3. The second-order valence-corrected chi connectivity index (χ2v) is 6.34. The third kappa shape index (κ3) is 3.44. The van der Waals surface area contributed by atoms with Crippen molar-refractivity contribution >= 4 is 22.7 Å². The number of hydrogen-bond acceptors (Lipinski definition) is 4. The van der Waals surface area contributed by atoms with Crippen LogP contribution in [0.2, 0.25) is 0 Å². The van der Waals surface area contributed by atoms with E-state index in [0.29, 0.717) is 11.6 Å². The van der Waals surface area contributed by atoms with Crippen molar-refractivity contribution in [3.8, 4) is 0 Å². The van der Waals surface area contributed by atoms with E-state index in [0.717, 1.165) is 23.1 Å². The lowest BCUT2D eigenvalue weighted by Gasteiger charge is -2.20. The predicted molar refractivity (Wildman–Crippen MR) is 108 cm³/mol. The fourth-order valence-electron chi connectivity index (χ4n) is 3.29. The first-order chi connectivity index (χ1) is 13.3. The first kappa shape index (κ1) is 17.0. The molecule has 5 heteroatoms. The van der Waals surface area contributed by atoms with Gasteiger partial charge in [0.2, 0.25) is 5.95 Å². The minimum atomic E-state index is -0.0816. The molecule has 2 aromatic carbocycles. The van der Waals surface area contributed by atoms with Crippen molar-refractivity contribution in [2.75, 3.05) is 5.32 Å². The molecule has 2 aromatic heterocycles. The zero-order chi connectivity index (χ0) is 18.6. The number of fused-ring (bicyclic) bond motifs is 1. The van der Waals surface area contributed by atoms with Crippen LogP contribution in [-0.2, 0) is 0 Å². The van der Waals surface area contributed by atoms with Crippen LogP contribution in [0.1, 0.15) is 24.9 Å². The molecule has 0 radical (unpaired) electrons. The van der Waals surface area contributed by atoms with Crippen LogP contribution in [0.5, 0.6) is 0 Å². The Labute approximate surface area is 157 Å². The van der Waals surface area contributed by atoms with Gasteiger partial charge in [-0.15, -0.1) is 0 Å². The summed E-state index contributed by atoms with van der Waals surface area (Å²) in [6.07, 6.45) is 2.54. The van der Waals surface area contributed by atoms with Gasteiger partial charge < -0.3 is 5.32 Å². The standard InChI is InChI=1S/C22H20N4O/c1-2-19(16-9-5-3-6-10-16)26-20(27)14-13-17-15-23-22(25-21(17)26)24-18-11-7-4-8-12-18/h3-15,19H,2H2,1H3,(H,23,24,25). The number of hydrogen-bond donors (Lipinski definition) is 1. The molecule has 4 rings (SSSR count). The number of benzene rings is 2. The van der Waals surface area contributed by atoms with Crippen molar-refractivity contribution in [3.05, 3.63) is 94.9 Å². The van der Waals surface area contributed by atoms with Crippen molar-refractivity contribution in [3.63, 3.8) is 0 Å². The number of anilines is 2. The molecule has 0 saturated heterocycles. The van der Waals surface area contributed by atoms with Crippen molar-refractivity contribution in [2.45, 2.75) is 19.4 Å². The van der Waals surface area contributed by atoms with Crippen molar-refractivity contribution in [1.82, 2.24) is 14.5 Å². The summed E-state index contributed by atoms with van der Waals surface area (Å²) in [5.41, 5.74) is 2.55. The van der Waals surface area contributed by atoms with Gasteiger partial charge >= 0.3 is 0 Å². The summed E-state index contributed by atoms with van der Waals surface area (Å²) in [5.74, 6) is 0.468. The lowest BCUT2D eigenvalue weighted by atomic mass is 10.0. The fraction of sp³-hybridized carbons (Fsp3) is 0.136. The number of rotatable bonds is 5. The first-order valence-electron chi connectivity index (χ1n) is 9.01. The van der Waals surface area contributed by atoms with Gasteiger partial charge in [0.1, 0.15) is 5.65 Å². The predicted octanol–water partition coefficient (Wildman–Crippen LogP) is 4.53. The molecule has 1 atom stereocenters. The summed E-state index contributed by atoms with van der Waals surface area (Å²) in [5, 5.41) is 4.04.